The van der Waals surface area contributed by atoms with Crippen LogP contribution in [0, 0.1) is 6.92 Å². The van der Waals surface area contributed by atoms with Gasteiger partial charge in [0.15, 0.2) is 0 Å². The van der Waals surface area contributed by atoms with Gasteiger partial charge in [0.05, 0.1) is 11.2 Å². The minimum atomic E-state index is 0.0875. The van der Waals surface area contributed by atoms with Gasteiger partial charge >= 0.3 is 6.03 Å². The topological polar surface area (TPSA) is 56.1 Å². The van der Waals surface area contributed by atoms with E-state index in [4.69, 9.17) is 0 Å². The van der Waals surface area contributed by atoms with Crippen molar-refractivity contribution in [3.05, 3.63) is 24.2 Å². The van der Waals surface area contributed by atoms with Crippen LogP contribution >= 0.6 is 11.9 Å². The second-order valence-electron chi connectivity index (χ2n) is 8.05. The van der Waals surface area contributed by atoms with E-state index >= 15 is 0 Å². The number of piperazine rings is 1. The molecule has 0 aromatic carbocycles. The van der Waals surface area contributed by atoms with Crippen molar-refractivity contribution in [1.82, 2.24) is 23.9 Å². The molecule has 4 rings (SSSR count). The monoisotopic (exact) mass is 418 g/mol. The number of anilines is 1. The van der Waals surface area contributed by atoms with Gasteiger partial charge in [0.2, 0.25) is 0 Å². The van der Waals surface area contributed by atoms with E-state index in [1.807, 2.05) is 25.1 Å². The summed E-state index contributed by atoms with van der Waals surface area (Å²) in [6.45, 7) is 11.4. The number of nitrogens with zero attached hydrogens (tertiary/aromatic N) is 5. The molecular formula is C21H34N6OS. The number of carbonyl (C=O) groups is 1. The van der Waals surface area contributed by atoms with Crippen molar-refractivity contribution in [2.75, 3.05) is 45.2 Å². The molecule has 2 amide bonds. The molecule has 160 valence electrons. The van der Waals surface area contributed by atoms with Crippen LogP contribution in [0.15, 0.2) is 23.4 Å². The third-order valence-corrected chi connectivity index (χ3v) is 6.53. The molecule has 2 aromatic heterocycles. The van der Waals surface area contributed by atoms with Crippen molar-refractivity contribution >= 4 is 29.3 Å². The Bertz CT molecular complexity index is 852. The van der Waals surface area contributed by atoms with Gasteiger partial charge < -0.3 is 14.7 Å². The molecule has 0 atom stereocenters. The van der Waals surface area contributed by atoms with Crippen LogP contribution in [-0.2, 0) is 0 Å². The molecule has 1 saturated heterocycles. The van der Waals surface area contributed by atoms with Gasteiger partial charge in [-0.15, -0.1) is 0 Å². The standard InChI is InChI=1S/C19H28N6OS.C2H6/c1-14-16-11-15(27-21-19(2)5-6-19)12-17(25(16)13-20-14)23-7-9-24(10-8-23)18(26)22(3)4;1-2/h11-13,21H,5-10H2,1-4H3;1-2H3. The second kappa shape index (κ2) is 8.83. The zero-order valence-corrected chi connectivity index (χ0v) is 19.3. The predicted octanol–water partition coefficient (Wildman–Crippen LogP) is 3.62. The molecule has 0 bridgehead atoms. The maximum absolute atomic E-state index is 12.2. The number of imidazole rings is 1. The fourth-order valence-electron chi connectivity index (χ4n) is 3.36. The highest BCUT2D eigenvalue weighted by molar-refractivity contribution is 7.97. The molecule has 0 radical (unpaired) electrons. The van der Waals surface area contributed by atoms with E-state index in [2.05, 4.69) is 45.0 Å². The van der Waals surface area contributed by atoms with Crippen molar-refractivity contribution in [1.29, 1.82) is 0 Å². The van der Waals surface area contributed by atoms with Crippen LogP contribution < -0.4 is 9.62 Å². The lowest BCUT2D eigenvalue weighted by Gasteiger charge is -2.37. The summed E-state index contributed by atoms with van der Waals surface area (Å²) in [6.07, 6.45) is 4.38. The number of pyridine rings is 1. The Kier molecular flexibility index (Phi) is 6.63. The average Bonchev–Trinajstić information content (AvgIpc) is 3.37. The predicted molar refractivity (Wildman–Crippen MR) is 121 cm³/mol. The molecule has 1 aliphatic carbocycles. The van der Waals surface area contributed by atoms with E-state index in [1.165, 1.54) is 17.7 Å². The lowest BCUT2D eigenvalue weighted by molar-refractivity contribution is 0.168. The van der Waals surface area contributed by atoms with E-state index in [0.717, 1.165) is 43.2 Å². The van der Waals surface area contributed by atoms with Crippen LogP contribution in [0.25, 0.3) is 5.52 Å². The van der Waals surface area contributed by atoms with E-state index in [0.29, 0.717) is 0 Å². The Morgan fingerprint density at radius 3 is 2.41 bits per heavy atom. The first-order valence-corrected chi connectivity index (χ1v) is 11.3. The maximum atomic E-state index is 12.2. The summed E-state index contributed by atoms with van der Waals surface area (Å²) in [7, 11) is 3.61. The summed E-state index contributed by atoms with van der Waals surface area (Å²) in [5, 5.41) is 0. The number of hydrogen-bond acceptors (Lipinski definition) is 5. The number of amides is 2. The molecule has 2 aromatic rings. The number of aryl methyl sites for hydroxylation is 1. The Labute approximate surface area is 178 Å². The quantitative estimate of drug-likeness (QED) is 0.769. The van der Waals surface area contributed by atoms with Crippen molar-refractivity contribution in [3.63, 3.8) is 0 Å². The highest BCUT2D eigenvalue weighted by atomic mass is 32.2. The number of urea groups is 1. The van der Waals surface area contributed by atoms with Crippen LogP contribution in [0.4, 0.5) is 10.6 Å². The van der Waals surface area contributed by atoms with Gasteiger partial charge in [0.25, 0.3) is 0 Å². The fraction of sp³-hybridized carbons (Fsp3) is 0.619. The van der Waals surface area contributed by atoms with Crippen LogP contribution in [0.3, 0.4) is 0 Å². The Balaban J connectivity index is 0.00000117. The molecule has 7 nitrogen and oxygen atoms in total. The van der Waals surface area contributed by atoms with Gasteiger partial charge in [0, 0.05) is 50.7 Å². The van der Waals surface area contributed by atoms with Gasteiger partial charge in [-0.25, -0.2) is 9.78 Å². The molecule has 8 heteroatoms. The number of aromatic nitrogens is 2. The van der Waals surface area contributed by atoms with Crippen molar-refractivity contribution in [2.24, 2.45) is 0 Å². The van der Waals surface area contributed by atoms with E-state index in [1.54, 1.807) is 30.9 Å². The Morgan fingerprint density at radius 2 is 1.83 bits per heavy atom. The highest BCUT2D eigenvalue weighted by Gasteiger charge is 2.37. The van der Waals surface area contributed by atoms with E-state index in [-0.39, 0.29) is 11.6 Å². The van der Waals surface area contributed by atoms with Crippen molar-refractivity contribution < 1.29 is 4.79 Å². The molecule has 2 aliphatic rings. The number of carbonyl (C=O) groups excluding carboxylic acids is 1. The van der Waals surface area contributed by atoms with E-state index in [9.17, 15) is 4.79 Å². The van der Waals surface area contributed by atoms with Crippen LogP contribution in [-0.4, -0.2) is 71.0 Å². The molecule has 0 unspecified atom stereocenters. The zero-order valence-electron chi connectivity index (χ0n) is 18.5. The summed E-state index contributed by atoms with van der Waals surface area (Å²) in [6, 6.07) is 4.53. The lowest BCUT2D eigenvalue weighted by atomic mass is 10.3. The Hall–Kier alpha value is -1.93. The summed E-state index contributed by atoms with van der Waals surface area (Å²) in [4.78, 5) is 23.8. The molecule has 2 fully saturated rings. The molecule has 1 N–H and O–H groups in total. The molecule has 3 heterocycles. The third-order valence-electron chi connectivity index (χ3n) is 5.47. The van der Waals surface area contributed by atoms with Crippen molar-refractivity contribution in [3.8, 4) is 0 Å². The largest absolute Gasteiger partial charge is 0.354 e. The zero-order chi connectivity index (χ0) is 21.2. The first-order chi connectivity index (χ1) is 13.9. The lowest BCUT2D eigenvalue weighted by Crippen LogP contribution is -2.51. The van der Waals surface area contributed by atoms with Gasteiger partial charge in [-0.3, -0.25) is 9.12 Å². The van der Waals surface area contributed by atoms with Crippen molar-refractivity contribution in [2.45, 2.75) is 51.0 Å². The van der Waals surface area contributed by atoms with Gasteiger partial charge in [-0.05, 0) is 50.8 Å². The normalized spacial score (nSPS) is 17.7. The summed E-state index contributed by atoms with van der Waals surface area (Å²) < 4.78 is 5.77. The number of hydrogen-bond donors (Lipinski definition) is 1. The molecule has 1 saturated carbocycles. The minimum absolute atomic E-state index is 0.0875. The molecule has 0 spiro atoms. The van der Waals surface area contributed by atoms with E-state index < -0.39 is 0 Å². The molecule has 1 aliphatic heterocycles. The van der Waals surface area contributed by atoms with Crippen LogP contribution in [0.2, 0.25) is 0 Å². The third kappa shape index (κ3) is 4.80. The number of nitrogens with one attached hydrogen (secondary N) is 1. The fourth-order valence-corrected chi connectivity index (χ4v) is 4.26. The van der Waals surface area contributed by atoms with Gasteiger partial charge in [-0.2, -0.15) is 0 Å². The molecular weight excluding hydrogens is 384 g/mol. The summed E-state index contributed by atoms with van der Waals surface area (Å²) in [5.74, 6) is 1.15. The minimum Gasteiger partial charge on any atom is -0.354 e. The maximum Gasteiger partial charge on any atom is 0.319 e. The smallest absolute Gasteiger partial charge is 0.319 e. The summed E-state index contributed by atoms with van der Waals surface area (Å²) >= 11 is 1.72. The van der Waals surface area contributed by atoms with Crippen LogP contribution in [0.1, 0.15) is 39.3 Å². The first-order valence-electron chi connectivity index (χ1n) is 10.5. The van der Waals surface area contributed by atoms with Gasteiger partial charge in [-0.1, -0.05) is 13.8 Å². The first kappa shape index (κ1) is 21.8. The number of fused-ring (bicyclic) bond motifs is 1. The van der Waals surface area contributed by atoms with Gasteiger partial charge in [0.1, 0.15) is 12.1 Å². The SMILES string of the molecule is CC.Cc1ncn2c(N3CCN(C(=O)N(C)C)CC3)cc(SNC3(C)CC3)cc12. The number of rotatable bonds is 4. The average molecular weight is 419 g/mol. The summed E-state index contributed by atoms with van der Waals surface area (Å²) in [5.41, 5.74) is 2.46. The van der Waals surface area contributed by atoms with Crippen LogP contribution in [0.5, 0.6) is 0 Å². The highest BCUT2D eigenvalue weighted by Crippen LogP contribution is 2.38. The molecule has 29 heavy (non-hydrogen) atoms. The second-order valence-corrected chi connectivity index (χ2v) is 8.93. The Morgan fingerprint density at radius 1 is 1.17 bits per heavy atom.